The van der Waals surface area contributed by atoms with Gasteiger partial charge in [-0.3, -0.25) is 19.2 Å². The number of aryl methyl sites for hydroxylation is 1. The molecule has 1 aliphatic heterocycles. The molecule has 0 saturated carbocycles. The summed E-state index contributed by atoms with van der Waals surface area (Å²) < 4.78 is 65.6. The standard InChI is InChI=1S/C27H24F4N4O6/c1-13(36)32-15-8-21(25(38)34(2)11-15)35-12-18(22-19(28)9-17(40-3)10-20(22)29)23(26(35)39)33-24(37)14-4-6-16(7-5-14)41-27(30)31/h4-11,18,23,27H,12H2,1-3H3,(H,32,36)(H,33,37)/t18-,23-/m0/s1. The van der Waals surface area contributed by atoms with Crippen LogP contribution in [0.5, 0.6) is 11.5 Å². The van der Waals surface area contributed by atoms with Gasteiger partial charge in [0.05, 0.1) is 12.8 Å². The molecule has 0 unspecified atom stereocenters. The molecule has 2 aromatic carbocycles. The quantitative estimate of drug-likeness (QED) is 0.398. The number of halogens is 4. The first-order valence-corrected chi connectivity index (χ1v) is 12.1. The zero-order valence-electron chi connectivity index (χ0n) is 21.9. The number of carbonyl (C=O) groups is 3. The Labute approximate surface area is 230 Å². The molecule has 2 heterocycles. The minimum absolute atomic E-state index is 0.0594. The monoisotopic (exact) mass is 576 g/mol. The molecule has 10 nitrogen and oxygen atoms in total. The van der Waals surface area contributed by atoms with Gasteiger partial charge in [-0.1, -0.05) is 0 Å². The summed E-state index contributed by atoms with van der Waals surface area (Å²) in [4.78, 5) is 52.3. The van der Waals surface area contributed by atoms with Crippen molar-refractivity contribution in [3.05, 3.63) is 81.8 Å². The van der Waals surface area contributed by atoms with E-state index in [1.165, 1.54) is 45.5 Å². The number of carbonyl (C=O) groups excluding carboxylic acids is 3. The van der Waals surface area contributed by atoms with Gasteiger partial charge in [0, 0.05) is 55.9 Å². The number of nitrogens with one attached hydrogen (secondary N) is 2. The van der Waals surface area contributed by atoms with E-state index in [0.717, 1.165) is 33.7 Å². The highest BCUT2D eigenvalue weighted by Crippen LogP contribution is 2.36. The van der Waals surface area contributed by atoms with Crippen LogP contribution in [0.4, 0.5) is 28.9 Å². The van der Waals surface area contributed by atoms with Gasteiger partial charge in [0.1, 0.15) is 34.9 Å². The summed E-state index contributed by atoms with van der Waals surface area (Å²) in [5, 5.41) is 4.96. The van der Waals surface area contributed by atoms with E-state index in [-0.39, 0.29) is 28.4 Å². The van der Waals surface area contributed by atoms with Gasteiger partial charge in [-0.25, -0.2) is 8.78 Å². The minimum Gasteiger partial charge on any atom is -0.497 e. The van der Waals surface area contributed by atoms with E-state index in [1.807, 2.05) is 0 Å². The SMILES string of the molecule is COc1cc(F)c([C@@H]2CN(c3cc(NC(C)=O)cn(C)c3=O)C(=O)[C@H]2NC(=O)c2ccc(OC(F)F)cc2)c(F)c1. The van der Waals surface area contributed by atoms with Crippen molar-refractivity contribution in [3.8, 4) is 11.5 Å². The van der Waals surface area contributed by atoms with E-state index in [1.54, 1.807) is 0 Å². The Morgan fingerprint density at radius 3 is 2.22 bits per heavy atom. The maximum absolute atomic E-state index is 15.2. The summed E-state index contributed by atoms with van der Waals surface area (Å²) in [5.41, 5.74) is -1.26. The predicted molar refractivity (Wildman–Crippen MR) is 138 cm³/mol. The average Bonchev–Trinajstić information content (AvgIpc) is 3.20. The van der Waals surface area contributed by atoms with Crippen LogP contribution in [0.3, 0.4) is 0 Å². The molecule has 2 N–H and O–H groups in total. The number of aromatic nitrogens is 1. The van der Waals surface area contributed by atoms with E-state index in [4.69, 9.17) is 4.74 Å². The number of ether oxygens (including phenoxy) is 2. The molecule has 1 aliphatic rings. The second kappa shape index (κ2) is 11.7. The molecular weight excluding hydrogens is 552 g/mol. The van der Waals surface area contributed by atoms with Crippen molar-refractivity contribution in [2.75, 3.05) is 23.9 Å². The maximum atomic E-state index is 15.2. The average molecular weight is 577 g/mol. The van der Waals surface area contributed by atoms with E-state index in [2.05, 4.69) is 15.4 Å². The van der Waals surface area contributed by atoms with Gasteiger partial charge < -0.3 is 29.6 Å². The van der Waals surface area contributed by atoms with Crippen LogP contribution in [-0.2, 0) is 16.6 Å². The van der Waals surface area contributed by atoms with Crippen molar-refractivity contribution in [2.24, 2.45) is 7.05 Å². The third kappa shape index (κ3) is 6.15. The third-order valence-electron chi connectivity index (χ3n) is 6.38. The first-order chi connectivity index (χ1) is 19.4. The molecule has 3 amide bonds. The Kier molecular flexibility index (Phi) is 8.31. The highest BCUT2D eigenvalue weighted by molar-refractivity contribution is 6.05. The van der Waals surface area contributed by atoms with Crippen molar-refractivity contribution in [1.82, 2.24) is 9.88 Å². The van der Waals surface area contributed by atoms with Gasteiger partial charge in [-0.15, -0.1) is 0 Å². The van der Waals surface area contributed by atoms with Crippen LogP contribution in [0.25, 0.3) is 0 Å². The lowest BCUT2D eigenvalue weighted by atomic mass is 9.92. The van der Waals surface area contributed by atoms with Crippen molar-refractivity contribution < 1.29 is 41.4 Å². The Bertz CT molecular complexity index is 1540. The molecule has 4 rings (SSSR count). The van der Waals surface area contributed by atoms with Crippen LogP contribution in [0.15, 0.2) is 53.5 Å². The fourth-order valence-electron chi connectivity index (χ4n) is 4.57. The number of pyridine rings is 1. The highest BCUT2D eigenvalue weighted by atomic mass is 19.3. The van der Waals surface area contributed by atoms with Crippen LogP contribution in [0.1, 0.15) is 28.8 Å². The van der Waals surface area contributed by atoms with Gasteiger partial charge in [-0.2, -0.15) is 8.78 Å². The molecule has 2 atom stereocenters. The van der Waals surface area contributed by atoms with E-state index < -0.39 is 65.6 Å². The van der Waals surface area contributed by atoms with Crippen molar-refractivity contribution in [3.63, 3.8) is 0 Å². The lowest BCUT2D eigenvalue weighted by Gasteiger charge is -2.20. The number of benzene rings is 2. The Hall–Kier alpha value is -4.88. The van der Waals surface area contributed by atoms with Crippen molar-refractivity contribution in [2.45, 2.75) is 25.5 Å². The second-order valence-electron chi connectivity index (χ2n) is 9.13. The van der Waals surface area contributed by atoms with Gasteiger partial charge in [-0.05, 0) is 30.3 Å². The summed E-state index contributed by atoms with van der Waals surface area (Å²) in [7, 11) is 2.60. The number of hydrogen-bond acceptors (Lipinski definition) is 6. The summed E-state index contributed by atoms with van der Waals surface area (Å²) in [6, 6.07) is 6.09. The number of methoxy groups -OCH3 is 1. The molecule has 0 aliphatic carbocycles. The summed E-state index contributed by atoms with van der Waals surface area (Å²) in [6.07, 6.45) is 1.33. The number of alkyl halides is 2. The Morgan fingerprint density at radius 1 is 1.02 bits per heavy atom. The van der Waals surface area contributed by atoms with Crippen molar-refractivity contribution >= 4 is 29.1 Å². The molecule has 1 fully saturated rings. The lowest BCUT2D eigenvalue weighted by molar-refractivity contribution is -0.118. The molecule has 1 aromatic heterocycles. The summed E-state index contributed by atoms with van der Waals surface area (Å²) in [5.74, 6) is -5.89. The summed E-state index contributed by atoms with van der Waals surface area (Å²) in [6.45, 7) is -2.25. The summed E-state index contributed by atoms with van der Waals surface area (Å²) >= 11 is 0. The van der Waals surface area contributed by atoms with E-state index >= 15 is 8.78 Å². The van der Waals surface area contributed by atoms with Gasteiger partial charge in [0.2, 0.25) is 11.8 Å². The molecule has 3 aromatic rings. The number of amides is 3. The molecule has 0 radical (unpaired) electrons. The van der Waals surface area contributed by atoms with Crippen LogP contribution < -0.4 is 30.6 Å². The highest BCUT2D eigenvalue weighted by Gasteiger charge is 2.46. The van der Waals surface area contributed by atoms with Crippen LogP contribution >= 0.6 is 0 Å². The maximum Gasteiger partial charge on any atom is 0.387 e. The van der Waals surface area contributed by atoms with E-state index in [9.17, 15) is 28.0 Å². The fraction of sp³-hybridized carbons (Fsp3) is 0.259. The third-order valence-corrected chi connectivity index (χ3v) is 6.38. The molecule has 0 spiro atoms. The van der Waals surface area contributed by atoms with Crippen molar-refractivity contribution in [1.29, 1.82) is 0 Å². The number of anilines is 2. The second-order valence-corrected chi connectivity index (χ2v) is 9.13. The molecule has 216 valence electrons. The number of rotatable bonds is 8. The topological polar surface area (TPSA) is 119 Å². The van der Waals surface area contributed by atoms with Gasteiger partial charge in [0.15, 0.2) is 0 Å². The molecule has 0 bridgehead atoms. The molecular formula is C27H24F4N4O6. The molecule has 41 heavy (non-hydrogen) atoms. The fourth-order valence-corrected chi connectivity index (χ4v) is 4.57. The Balaban J connectivity index is 1.75. The first-order valence-electron chi connectivity index (χ1n) is 12.1. The smallest absolute Gasteiger partial charge is 0.387 e. The van der Waals surface area contributed by atoms with Gasteiger partial charge in [0.25, 0.3) is 11.5 Å². The Morgan fingerprint density at radius 2 is 1.66 bits per heavy atom. The van der Waals surface area contributed by atoms with Crippen LogP contribution in [-0.4, -0.2) is 48.6 Å². The predicted octanol–water partition coefficient (Wildman–Crippen LogP) is 3.16. The van der Waals surface area contributed by atoms with Gasteiger partial charge >= 0.3 is 6.61 Å². The lowest BCUT2D eigenvalue weighted by Crippen LogP contribution is -2.44. The normalized spacial score (nSPS) is 16.6. The minimum atomic E-state index is -3.08. The first kappa shape index (κ1) is 29.1. The largest absolute Gasteiger partial charge is 0.497 e. The number of hydrogen-bond donors (Lipinski definition) is 2. The van der Waals surface area contributed by atoms with Crippen LogP contribution in [0, 0.1) is 11.6 Å². The van der Waals surface area contributed by atoms with E-state index in [0.29, 0.717) is 0 Å². The van der Waals surface area contributed by atoms with Crippen LogP contribution in [0.2, 0.25) is 0 Å². The molecule has 1 saturated heterocycles. The zero-order chi connectivity index (χ0) is 30.0. The zero-order valence-corrected chi connectivity index (χ0v) is 21.9. The number of nitrogens with zero attached hydrogens (tertiary/aromatic N) is 2. The molecule has 14 heteroatoms.